The highest BCUT2D eigenvalue weighted by Crippen LogP contribution is 2.55. The number of halogens is 2. The van der Waals surface area contributed by atoms with E-state index in [9.17, 15) is 14.5 Å². The molecule has 0 amide bonds. The number of nitrogen functional groups attached to an aromatic ring is 1. The summed E-state index contributed by atoms with van der Waals surface area (Å²) in [7, 11) is -3.71. The molecule has 16 heteroatoms. The summed E-state index contributed by atoms with van der Waals surface area (Å²) < 4.78 is 50.1. The Morgan fingerprint density at radius 2 is 2.19 bits per heavy atom. The van der Waals surface area contributed by atoms with E-state index in [2.05, 4.69) is 35.9 Å². The van der Waals surface area contributed by atoms with Crippen molar-refractivity contribution in [2.45, 2.75) is 49.9 Å². The normalized spacial score (nSPS) is 29.2. The van der Waals surface area contributed by atoms with E-state index < -0.39 is 43.2 Å². The number of anilines is 1. The van der Waals surface area contributed by atoms with Crippen molar-refractivity contribution in [2.24, 2.45) is 0 Å². The average Bonchev–Trinajstić information content (AvgIpc) is 3.37. The minimum atomic E-state index is -3.71. The topological polar surface area (TPSA) is 174 Å². The molecule has 198 valence electrons. The van der Waals surface area contributed by atoms with Gasteiger partial charge in [-0.1, -0.05) is 0 Å². The first-order valence-corrected chi connectivity index (χ1v) is 13.7. The summed E-state index contributed by atoms with van der Waals surface area (Å²) in [6.07, 6.45) is 0.0898. The van der Waals surface area contributed by atoms with Crippen LogP contribution >= 0.6 is 23.5 Å². The van der Waals surface area contributed by atoms with E-state index in [1.54, 1.807) is 13.1 Å². The molecule has 5 rings (SSSR count). The molecule has 2 aliphatic rings. The number of alkyl halides is 2. The molecule has 37 heavy (non-hydrogen) atoms. The number of aryl methyl sites for hydroxylation is 1. The Hall–Kier alpha value is -2.71. The first-order chi connectivity index (χ1) is 17.5. The molecule has 2 aliphatic heterocycles. The summed E-state index contributed by atoms with van der Waals surface area (Å²) in [4.78, 5) is 27.5. The third kappa shape index (κ3) is 4.70. The summed E-state index contributed by atoms with van der Waals surface area (Å²) >= 11 is 2.92. The van der Waals surface area contributed by atoms with Gasteiger partial charge in [0.05, 0.1) is 24.8 Å². The van der Waals surface area contributed by atoms with E-state index in [0.29, 0.717) is 17.7 Å². The number of pyridine rings is 1. The lowest BCUT2D eigenvalue weighted by Crippen LogP contribution is -2.38. The number of hydrogen-bond acceptors (Lipinski definition) is 12. The van der Waals surface area contributed by atoms with Gasteiger partial charge in [0, 0.05) is 24.2 Å². The molecule has 5 atom stereocenters. The van der Waals surface area contributed by atoms with Crippen molar-refractivity contribution >= 4 is 46.5 Å². The highest BCUT2D eigenvalue weighted by molar-refractivity contribution is 9.10. The number of imidazole rings is 1. The first kappa shape index (κ1) is 25.9. The fourth-order valence-corrected chi connectivity index (χ4v) is 6.52. The van der Waals surface area contributed by atoms with Crippen LogP contribution in [-0.4, -0.2) is 65.1 Å². The molecule has 3 aromatic rings. The Balaban J connectivity index is 1.32. The lowest BCUT2D eigenvalue weighted by molar-refractivity contribution is -0.142. The number of aliphatic hydroxyl groups excluding tert-OH is 1. The molecular weight excluding hydrogens is 578 g/mol. The second-order valence-electron chi connectivity index (χ2n) is 8.66. The van der Waals surface area contributed by atoms with Gasteiger partial charge in [0.1, 0.15) is 30.7 Å². The molecule has 0 saturated carbocycles. The van der Waals surface area contributed by atoms with Gasteiger partial charge in [-0.25, -0.2) is 23.9 Å². The minimum absolute atomic E-state index is 0.00624. The lowest BCUT2D eigenvalue weighted by Gasteiger charge is -2.28. The van der Waals surface area contributed by atoms with Crippen molar-refractivity contribution in [2.75, 3.05) is 18.5 Å². The fourth-order valence-electron chi connectivity index (χ4n) is 4.23. The highest BCUT2D eigenvalue weighted by Gasteiger charge is 2.57. The number of esters is 1. The van der Waals surface area contributed by atoms with Gasteiger partial charge in [-0.15, -0.1) is 0 Å². The highest BCUT2D eigenvalue weighted by atomic mass is 79.9. The molecule has 0 spiro atoms. The third-order valence-corrected chi connectivity index (χ3v) is 8.79. The minimum Gasteiger partial charge on any atom is -0.461 e. The van der Waals surface area contributed by atoms with Crippen LogP contribution in [0.1, 0.15) is 30.0 Å². The van der Waals surface area contributed by atoms with Crippen molar-refractivity contribution in [1.29, 1.82) is 0 Å². The number of ether oxygens (including phenoxy) is 2. The largest absolute Gasteiger partial charge is 0.461 e. The molecule has 2 unspecified atom stereocenters. The van der Waals surface area contributed by atoms with Gasteiger partial charge in [0.2, 0.25) is 4.58 Å². The molecule has 5 heterocycles. The average molecular weight is 601 g/mol. The van der Waals surface area contributed by atoms with Gasteiger partial charge < -0.3 is 24.8 Å². The van der Waals surface area contributed by atoms with Gasteiger partial charge in [0.25, 0.3) is 0 Å². The SMILES string of the molecule is CC(=O)OCc1cnc(C)c2c1CCP(=O)(OC[C@H]1O[C@@H](n3cnc4c(N)ncnc43)[C@@](F)(Br)C1O)O2. The van der Waals surface area contributed by atoms with Crippen LogP contribution in [0, 0.1) is 6.92 Å². The summed E-state index contributed by atoms with van der Waals surface area (Å²) in [6, 6.07) is 0. The van der Waals surface area contributed by atoms with Crippen LogP contribution < -0.4 is 10.3 Å². The molecule has 1 saturated heterocycles. The van der Waals surface area contributed by atoms with E-state index in [1.165, 1.54) is 24.1 Å². The van der Waals surface area contributed by atoms with E-state index in [4.69, 9.17) is 24.3 Å². The molecule has 0 aromatic carbocycles. The maximum absolute atomic E-state index is 15.6. The molecule has 0 bridgehead atoms. The van der Waals surface area contributed by atoms with Crippen LogP contribution in [0.3, 0.4) is 0 Å². The van der Waals surface area contributed by atoms with Gasteiger partial charge in [0.15, 0.2) is 23.4 Å². The Kier molecular flexibility index (Phi) is 6.69. The number of aliphatic hydroxyl groups is 1. The number of aromatic nitrogens is 5. The maximum atomic E-state index is 15.6. The van der Waals surface area contributed by atoms with Crippen molar-refractivity contribution in [3.63, 3.8) is 0 Å². The van der Waals surface area contributed by atoms with Crippen LogP contribution in [0.25, 0.3) is 11.2 Å². The fraction of sp³-hybridized carbons (Fsp3) is 0.476. The van der Waals surface area contributed by atoms with Crippen LogP contribution in [0.4, 0.5) is 10.2 Å². The second-order valence-corrected chi connectivity index (χ2v) is 12.0. The summed E-state index contributed by atoms with van der Waals surface area (Å²) in [5, 5.41) is 10.7. The number of nitrogens with two attached hydrogens (primary N) is 1. The third-order valence-electron chi connectivity index (χ3n) is 6.16. The smallest absolute Gasteiger partial charge is 0.379 e. The zero-order valence-corrected chi connectivity index (χ0v) is 22.2. The van der Waals surface area contributed by atoms with Gasteiger partial charge in [-0.2, -0.15) is 0 Å². The number of rotatable bonds is 6. The zero-order chi connectivity index (χ0) is 26.5. The zero-order valence-electron chi connectivity index (χ0n) is 19.7. The number of fused-ring (bicyclic) bond motifs is 2. The van der Waals surface area contributed by atoms with Gasteiger partial charge in [-0.3, -0.25) is 18.9 Å². The Morgan fingerprint density at radius 1 is 1.41 bits per heavy atom. The van der Waals surface area contributed by atoms with Crippen molar-refractivity contribution in [1.82, 2.24) is 24.5 Å². The van der Waals surface area contributed by atoms with E-state index in [-0.39, 0.29) is 35.5 Å². The van der Waals surface area contributed by atoms with Crippen molar-refractivity contribution in [3.05, 3.63) is 35.7 Å². The number of carbonyl (C=O) groups excluding carboxylic acids is 1. The standard InChI is InChI=1S/C21H23BrFN6O7P/c1-10-16-13(12(5-25-10)6-33-11(2)30)3-4-37(32,36-16)34-7-14-17(31)21(22,23)20(35-14)29-9-28-15-18(24)26-8-27-19(15)29/h5,8-9,14,17,20,31H,3-4,6-7H2,1-2H3,(H2,24,26,27)/t14-,17?,20-,21-,37?/m1/s1. The van der Waals surface area contributed by atoms with Crippen LogP contribution in [0.5, 0.6) is 5.75 Å². The van der Waals surface area contributed by atoms with Gasteiger partial charge in [-0.05, 0) is 29.3 Å². The lowest BCUT2D eigenvalue weighted by atomic mass is 10.1. The monoisotopic (exact) mass is 600 g/mol. The van der Waals surface area contributed by atoms with Gasteiger partial charge >= 0.3 is 13.6 Å². The molecule has 3 aromatic heterocycles. The van der Waals surface area contributed by atoms with Crippen molar-refractivity contribution in [3.8, 4) is 5.75 Å². The Morgan fingerprint density at radius 3 is 2.95 bits per heavy atom. The molecular formula is C21H23BrFN6O7P. The summed E-state index contributed by atoms with van der Waals surface area (Å²) in [5.74, 6) is -0.0499. The maximum Gasteiger partial charge on any atom is 0.379 e. The molecule has 3 N–H and O–H groups in total. The summed E-state index contributed by atoms with van der Waals surface area (Å²) in [5.41, 5.74) is 8.11. The van der Waals surface area contributed by atoms with Crippen molar-refractivity contribution < 1.29 is 37.4 Å². The number of nitrogens with zero attached hydrogens (tertiary/aromatic N) is 5. The Bertz CT molecular complexity index is 1420. The van der Waals surface area contributed by atoms with Crippen LogP contribution in [0.15, 0.2) is 18.9 Å². The molecule has 1 fully saturated rings. The van der Waals surface area contributed by atoms with E-state index in [0.717, 1.165) is 5.56 Å². The first-order valence-electron chi connectivity index (χ1n) is 11.2. The summed E-state index contributed by atoms with van der Waals surface area (Å²) in [6.45, 7) is 2.57. The second kappa shape index (κ2) is 9.55. The van der Waals surface area contributed by atoms with Crippen LogP contribution in [0.2, 0.25) is 0 Å². The predicted octanol–water partition coefficient (Wildman–Crippen LogP) is 2.34. The van der Waals surface area contributed by atoms with E-state index >= 15 is 4.39 Å². The molecule has 0 radical (unpaired) electrons. The number of hydrogen-bond donors (Lipinski definition) is 2. The number of carbonyl (C=O) groups is 1. The van der Waals surface area contributed by atoms with E-state index in [1.807, 2.05) is 0 Å². The molecule has 13 nitrogen and oxygen atoms in total. The predicted molar refractivity (Wildman–Crippen MR) is 130 cm³/mol. The van der Waals surface area contributed by atoms with Crippen LogP contribution in [-0.2, 0) is 36.4 Å². The molecule has 0 aliphatic carbocycles. The quantitative estimate of drug-likeness (QED) is 0.240. The Labute approximate surface area is 218 Å².